The number of rotatable bonds is 4. The highest BCUT2D eigenvalue weighted by Gasteiger charge is 2.19. The maximum atomic E-state index is 13.6. The normalized spacial score (nSPS) is 12.6. The maximum Gasteiger partial charge on any atom is 0.257 e. The lowest BCUT2D eigenvalue weighted by Crippen LogP contribution is -2.38. The fourth-order valence-electron chi connectivity index (χ4n) is 1.29. The molecule has 0 saturated heterocycles. The van der Waals surface area contributed by atoms with Crippen molar-refractivity contribution in [2.45, 2.75) is 13.0 Å². The van der Waals surface area contributed by atoms with Gasteiger partial charge in [0, 0.05) is 12.6 Å². The molecule has 1 unspecified atom stereocenters. The van der Waals surface area contributed by atoms with E-state index in [2.05, 4.69) is 5.32 Å². The minimum absolute atomic E-state index is 0.0566. The smallest absolute Gasteiger partial charge is 0.257 e. The molecular weight excluding hydrogens is 240 g/mol. The third kappa shape index (κ3) is 3.16. The summed E-state index contributed by atoms with van der Waals surface area (Å²) in [6.45, 7) is 2.17. The molecule has 0 spiro atoms. The lowest BCUT2D eigenvalue weighted by molar-refractivity contribution is 0.0935. The largest absolute Gasteiger partial charge is 0.396 e. The number of likely N-dealkylation sites (N-methyl/N-ethyl adjacent to an activating group) is 1. The van der Waals surface area contributed by atoms with Gasteiger partial charge in [0.1, 0.15) is 11.4 Å². The second-order valence-electron chi connectivity index (χ2n) is 4.35. The standard InChI is InChI=1S/C12H17F2N3O/c1-7(17(2)3)6-16-12(18)10-8(13)4-5-9(15)11(10)14/h4-5,7H,6,15H2,1-3H3,(H,16,18). The van der Waals surface area contributed by atoms with E-state index in [4.69, 9.17) is 5.73 Å². The molecule has 18 heavy (non-hydrogen) atoms. The lowest BCUT2D eigenvalue weighted by Gasteiger charge is -2.20. The summed E-state index contributed by atoms with van der Waals surface area (Å²) >= 11 is 0. The molecule has 0 bridgehead atoms. The minimum Gasteiger partial charge on any atom is -0.396 e. The van der Waals surface area contributed by atoms with Gasteiger partial charge in [-0.1, -0.05) is 0 Å². The number of benzene rings is 1. The summed E-state index contributed by atoms with van der Waals surface area (Å²) in [5.74, 6) is -2.74. The van der Waals surface area contributed by atoms with E-state index in [0.29, 0.717) is 6.54 Å². The summed E-state index contributed by atoms with van der Waals surface area (Å²) in [6.07, 6.45) is 0. The zero-order chi connectivity index (χ0) is 13.9. The summed E-state index contributed by atoms with van der Waals surface area (Å²) < 4.78 is 27.0. The van der Waals surface area contributed by atoms with Crippen molar-refractivity contribution in [2.75, 3.05) is 26.4 Å². The summed E-state index contributed by atoms with van der Waals surface area (Å²) in [5, 5.41) is 2.47. The first-order valence-electron chi connectivity index (χ1n) is 5.52. The van der Waals surface area contributed by atoms with Gasteiger partial charge < -0.3 is 16.0 Å². The molecule has 0 heterocycles. The lowest BCUT2D eigenvalue weighted by atomic mass is 10.1. The highest BCUT2D eigenvalue weighted by molar-refractivity contribution is 5.95. The van der Waals surface area contributed by atoms with E-state index in [1.807, 2.05) is 25.9 Å². The third-order valence-corrected chi connectivity index (χ3v) is 2.79. The van der Waals surface area contributed by atoms with E-state index >= 15 is 0 Å². The van der Waals surface area contributed by atoms with E-state index in [1.54, 1.807) is 0 Å². The first-order chi connectivity index (χ1) is 8.34. The highest BCUT2D eigenvalue weighted by Crippen LogP contribution is 2.18. The SMILES string of the molecule is CC(CNC(=O)c1c(F)ccc(N)c1F)N(C)C. The Morgan fingerprint density at radius 1 is 1.44 bits per heavy atom. The zero-order valence-electron chi connectivity index (χ0n) is 10.6. The first-order valence-corrected chi connectivity index (χ1v) is 5.52. The fourth-order valence-corrected chi connectivity index (χ4v) is 1.29. The van der Waals surface area contributed by atoms with Crippen LogP contribution in [0.3, 0.4) is 0 Å². The number of anilines is 1. The Morgan fingerprint density at radius 2 is 2.06 bits per heavy atom. The summed E-state index contributed by atoms with van der Waals surface area (Å²) in [7, 11) is 3.69. The average Bonchev–Trinajstić information content (AvgIpc) is 2.31. The Morgan fingerprint density at radius 3 is 2.61 bits per heavy atom. The summed E-state index contributed by atoms with van der Waals surface area (Å²) in [6, 6.07) is 2.12. The molecule has 1 aromatic carbocycles. The van der Waals surface area contributed by atoms with Crippen molar-refractivity contribution in [3.05, 3.63) is 29.3 Å². The number of amides is 1. The predicted octanol–water partition coefficient (Wildman–Crippen LogP) is 1.23. The summed E-state index contributed by atoms with van der Waals surface area (Å²) in [5.41, 5.74) is 4.42. The number of nitrogens with one attached hydrogen (secondary N) is 1. The Labute approximate surface area is 105 Å². The Bertz CT molecular complexity index is 449. The van der Waals surface area contributed by atoms with Crippen LogP contribution in [0.2, 0.25) is 0 Å². The second kappa shape index (κ2) is 5.77. The zero-order valence-corrected chi connectivity index (χ0v) is 10.6. The van der Waals surface area contributed by atoms with Crippen molar-refractivity contribution >= 4 is 11.6 Å². The molecule has 0 aliphatic carbocycles. The molecule has 1 atom stereocenters. The first kappa shape index (κ1) is 14.4. The van der Waals surface area contributed by atoms with Crippen molar-refractivity contribution in [3.8, 4) is 0 Å². The number of carbonyl (C=O) groups excluding carboxylic acids is 1. The number of nitrogens with two attached hydrogens (primary N) is 1. The molecule has 0 saturated carbocycles. The van der Waals surface area contributed by atoms with Crippen molar-refractivity contribution < 1.29 is 13.6 Å². The quantitative estimate of drug-likeness (QED) is 0.798. The molecule has 3 N–H and O–H groups in total. The molecular formula is C12H17F2N3O. The molecule has 0 fully saturated rings. The van der Waals surface area contributed by atoms with Crippen LogP contribution in [0.5, 0.6) is 0 Å². The van der Waals surface area contributed by atoms with E-state index in [1.165, 1.54) is 0 Å². The number of hydrogen-bond donors (Lipinski definition) is 2. The van der Waals surface area contributed by atoms with Gasteiger partial charge in [-0.2, -0.15) is 0 Å². The molecule has 1 aromatic rings. The highest BCUT2D eigenvalue weighted by atomic mass is 19.1. The number of nitrogen functional groups attached to an aromatic ring is 1. The van der Waals surface area contributed by atoms with Crippen molar-refractivity contribution in [1.29, 1.82) is 0 Å². The fraction of sp³-hybridized carbons (Fsp3) is 0.417. The van der Waals surface area contributed by atoms with Gasteiger partial charge in [0.15, 0.2) is 5.82 Å². The summed E-state index contributed by atoms with van der Waals surface area (Å²) in [4.78, 5) is 13.6. The van der Waals surface area contributed by atoms with E-state index in [0.717, 1.165) is 12.1 Å². The topological polar surface area (TPSA) is 58.4 Å². The maximum absolute atomic E-state index is 13.6. The monoisotopic (exact) mass is 257 g/mol. The van der Waals surface area contributed by atoms with Crippen molar-refractivity contribution in [2.24, 2.45) is 0 Å². The Balaban J connectivity index is 2.82. The predicted molar refractivity (Wildman–Crippen MR) is 66.3 cm³/mol. The van der Waals surface area contributed by atoms with Gasteiger partial charge in [0.25, 0.3) is 5.91 Å². The average molecular weight is 257 g/mol. The van der Waals surface area contributed by atoms with Crippen LogP contribution in [0.15, 0.2) is 12.1 Å². The Hall–Kier alpha value is -1.69. The van der Waals surface area contributed by atoms with E-state index in [9.17, 15) is 13.6 Å². The molecule has 0 aromatic heterocycles. The van der Waals surface area contributed by atoms with Crippen LogP contribution in [0.25, 0.3) is 0 Å². The molecule has 0 aliphatic heterocycles. The van der Waals surface area contributed by atoms with Gasteiger partial charge in [-0.15, -0.1) is 0 Å². The van der Waals surface area contributed by atoms with Gasteiger partial charge in [0.2, 0.25) is 0 Å². The molecule has 1 amide bonds. The number of halogens is 2. The molecule has 1 rings (SSSR count). The molecule has 0 aliphatic rings. The number of hydrogen-bond acceptors (Lipinski definition) is 3. The number of nitrogens with zero attached hydrogens (tertiary/aromatic N) is 1. The van der Waals surface area contributed by atoms with Crippen LogP contribution in [0.4, 0.5) is 14.5 Å². The molecule has 0 radical (unpaired) electrons. The Kier molecular flexibility index (Phi) is 4.61. The van der Waals surface area contributed by atoms with Gasteiger partial charge in [-0.3, -0.25) is 4.79 Å². The van der Waals surface area contributed by atoms with Crippen LogP contribution in [-0.4, -0.2) is 37.5 Å². The van der Waals surface area contributed by atoms with Crippen molar-refractivity contribution in [1.82, 2.24) is 10.2 Å². The van der Waals surface area contributed by atoms with Gasteiger partial charge in [-0.05, 0) is 33.2 Å². The van der Waals surface area contributed by atoms with Gasteiger partial charge in [-0.25, -0.2) is 8.78 Å². The molecule has 100 valence electrons. The molecule has 4 nitrogen and oxygen atoms in total. The van der Waals surface area contributed by atoms with Gasteiger partial charge in [0.05, 0.1) is 5.69 Å². The van der Waals surface area contributed by atoms with Crippen LogP contribution in [-0.2, 0) is 0 Å². The third-order valence-electron chi connectivity index (χ3n) is 2.79. The van der Waals surface area contributed by atoms with Crippen LogP contribution >= 0.6 is 0 Å². The van der Waals surface area contributed by atoms with Crippen LogP contribution in [0.1, 0.15) is 17.3 Å². The van der Waals surface area contributed by atoms with Crippen LogP contribution < -0.4 is 11.1 Å². The van der Waals surface area contributed by atoms with E-state index in [-0.39, 0.29) is 11.7 Å². The van der Waals surface area contributed by atoms with Crippen molar-refractivity contribution in [3.63, 3.8) is 0 Å². The van der Waals surface area contributed by atoms with E-state index < -0.39 is 23.1 Å². The molecule has 6 heteroatoms. The van der Waals surface area contributed by atoms with Crippen LogP contribution in [0, 0.1) is 11.6 Å². The number of carbonyl (C=O) groups is 1. The second-order valence-corrected chi connectivity index (χ2v) is 4.35. The van der Waals surface area contributed by atoms with Gasteiger partial charge >= 0.3 is 0 Å². The minimum atomic E-state index is -1.02.